The summed E-state index contributed by atoms with van der Waals surface area (Å²) in [5.41, 5.74) is 0.444. The van der Waals surface area contributed by atoms with Crippen LogP contribution in [0.15, 0.2) is 24.3 Å². The number of hydrogen-bond donors (Lipinski definition) is 0. The van der Waals surface area contributed by atoms with Gasteiger partial charge in [-0.25, -0.2) is 4.79 Å². The largest absolute Gasteiger partial charge is 0.479 e. The van der Waals surface area contributed by atoms with Crippen LogP contribution < -0.4 is 4.52 Å². The van der Waals surface area contributed by atoms with Crippen molar-refractivity contribution < 1.29 is 14.1 Å². The average molecular weight is 198 g/mol. The second kappa shape index (κ2) is 4.83. The first kappa shape index (κ1) is 10.0. The summed E-state index contributed by atoms with van der Waals surface area (Å²) >= 11 is 0. The molecular weight excluding hydrogens is 187 g/mol. The second-order valence-corrected chi connectivity index (χ2v) is 2.57. The van der Waals surface area contributed by atoms with Crippen molar-refractivity contribution in [2.24, 2.45) is 0 Å². The highest BCUT2D eigenvalue weighted by atomic mass is 31.0. The lowest BCUT2D eigenvalue weighted by Crippen LogP contribution is -2.05. The summed E-state index contributed by atoms with van der Waals surface area (Å²) < 4.78 is 9.77. The Labute approximate surface area is 79.3 Å². The molecule has 0 aromatic heterocycles. The average Bonchev–Trinajstić information content (AvgIpc) is 2.18. The number of carbonyl (C=O) groups excluding carboxylic acids is 1. The van der Waals surface area contributed by atoms with E-state index < -0.39 is 0 Å². The molecular formula is C9H11O3P. The van der Waals surface area contributed by atoms with E-state index in [1.807, 2.05) is 0 Å². The third-order valence-electron chi connectivity index (χ3n) is 1.51. The van der Waals surface area contributed by atoms with Crippen molar-refractivity contribution >= 4 is 15.4 Å². The van der Waals surface area contributed by atoms with Crippen LogP contribution in [-0.2, 0) is 4.74 Å². The monoisotopic (exact) mass is 198 g/mol. The number of hydrogen-bond acceptors (Lipinski definition) is 3. The van der Waals surface area contributed by atoms with Crippen LogP contribution in [0.4, 0.5) is 0 Å². The number of carbonyl (C=O) groups is 1. The fourth-order valence-electron chi connectivity index (χ4n) is 0.947. The first-order chi connectivity index (χ1) is 6.29. The van der Waals surface area contributed by atoms with Gasteiger partial charge in [0.05, 0.1) is 16.1 Å². The Bertz CT molecular complexity index is 299. The second-order valence-electron chi connectivity index (χ2n) is 2.33. The molecule has 0 radical (unpaired) electrons. The minimum atomic E-state index is -0.361. The summed E-state index contributed by atoms with van der Waals surface area (Å²) in [7, 11) is 2.10. The van der Waals surface area contributed by atoms with Gasteiger partial charge < -0.3 is 9.26 Å². The fourth-order valence-corrected chi connectivity index (χ4v) is 1.15. The SMILES string of the molecule is CCOC(=O)c1ccccc1OP. The topological polar surface area (TPSA) is 35.5 Å². The van der Waals surface area contributed by atoms with E-state index in [0.29, 0.717) is 17.9 Å². The molecule has 1 aromatic rings. The van der Waals surface area contributed by atoms with E-state index in [1.54, 1.807) is 31.2 Å². The van der Waals surface area contributed by atoms with Gasteiger partial charge in [0.1, 0.15) is 11.3 Å². The first-order valence-corrected chi connectivity index (χ1v) is 4.39. The number of ether oxygens (including phenoxy) is 1. The Morgan fingerprint density at radius 3 is 2.77 bits per heavy atom. The number of para-hydroxylation sites is 1. The van der Waals surface area contributed by atoms with Crippen LogP contribution in [-0.4, -0.2) is 12.6 Å². The standard InChI is InChI=1S/C9H11O3P/c1-2-11-9(10)7-5-3-4-6-8(7)12-13/h3-6H,2,13H2,1H3. The summed E-state index contributed by atoms with van der Waals surface area (Å²) in [4.78, 5) is 11.3. The summed E-state index contributed by atoms with van der Waals surface area (Å²) in [5, 5.41) is 0. The molecule has 1 unspecified atom stereocenters. The maximum absolute atomic E-state index is 11.3. The van der Waals surface area contributed by atoms with Crippen LogP contribution in [0.5, 0.6) is 5.75 Å². The van der Waals surface area contributed by atoms with Crippen LogP contribution in [0.2, 0.25) is 0 Å². The van der Waals surface area contributed by atoms with E-state index in [2.05, 4.69) is 9.47 Å². The Kier molecular flexibility index (Phi) is 3.71. The van der Waals surface area contributed by atoms with E-state index in [9.17, 15) is 4.79 Å². The van der Waals surface area contributed by atoms with Crippen LogP contribution in [0, 0.1) is 0 Å². The molecule has 0 aliphatic heterocycles. The molecule has 0 saturated heterocycles. The Hall–Kier alpha value is -1.08. The third kappa shape index (κ3) is 2.43. The van der Waals surface area contributed by atoms with Gasteiger partial charge in [0.15, 0.2) is 0 Å². The normalized spacial score (nSPS) is 9.38. The first-order valence-electron chi connectivity index (χ1n) is 3.92. The van der Waals surface area contributed by atoms with Gasteiger partial charge in [-0.05, 0) is 19.1 Å². The number of benzene rings is 1. The van der Waals surface area contributed by atoms with Crippen LogP contribution >= 0.6 is 9.47 Å². The molecule has 4 heteroatoms. The van der Waals surface area contributed by atoms with E-state index in [4.69, 9.17) is 9.26 Å². The van der Waals surface area contributed by atoms with E-state index in [-0.39, 0.29) is 5.97 Å². The van der Waals surface area contributed by atoms with Gasteiger partial charge in [-0.3, -0.25) is 0 Å². The van der Waals surface area contributed by atoms with E-state index >= 15 is 0 Å². The van der Waals surface area contributed by atoms with Crippen molar-refractivity contribution in [3.8, 4) is 5.75 Å². The van der Waals surface area contributed by atoms with E-state index in [1.165, 1.54) is 0 Å². The molecule has 0 fully saturated rings. The predicted octanol–water partition coefficient (Wildman–Crippen LogP) is 2.03. The zero-order valence-corrected chi connectivity index (χ0v) is 8.47. The molecule has 0 amide bonds. The molecule has 0 heterocycles. The maximum atomic E-state index is 11.3. The molecule has 0 N–H and O–H groups in total. The fraction of sp³-hybridized carbons (Fsp3) is 0.222. The molecule has 0 spiro atoms. The zero-order valence-electron chi connectivity index (χ0n) is 7.32. The zero-order chi connectivity index (χ0) is 9.68. The summed E-state index contributed by atoms with van der Waals surface area (Å²) in [6.07, 6.45) is 0. The van der Waals surface area contributed by atoms with Gasteiger partial charge in [-0.1, -0.05) is 12.1 Å². The number of esters is 1. The van der Waals surface area contributed by atoms with Crippen molar-refractivity contribution in [2.75, 3.05) is 6.61 Å². The summed E-state index contributed by atoms with van der Waals surface area (Å²) in [5.74, 6) is 0.145. The van der Waals surface area contributed by atoms with Crippen LogP contribution in [0.3, 0.4) is 0 Å². The molecule has 0 bridgehead atoms. The lowest BCUT2D eigenvalue weighted by atomic mass is 10.2. The predicted molar refractivity (Wildman–Crippen MR) is 52.7 cm³/mol. The van der Waals surface area contributed by atoms with E-state index in [0.717, 1.165) is 0 Å². The highest BCUT2D eigenvalue weighted by Crippen LogP contribution is 2.20. The van der Waals surface area contributed by atoms with Gasteiger partial charge in [0.25, 0.3) is 0 Å². The van der Waals surface area contributed by atoms with Gasteiger partial charge in [0, 0.05) is 0 Å². The van der Waals surface area contributed by atoms with Crippen LogP contribution in [0.1, 0.15) is 17.3 Å². The van der Waals surface area contributed by atoms with Gasteiger partial charge in [0.2, 0.25) is 0 Å². The van der Waals surface area contributed by atoms with Crippen LogP contribution in [0.25, 0.3) is 0 Å². The molecule has 70 valence electrons. The minimum Gasteiger partial charge on any atom is -0.479 e. The van der Waals surface area contributed by atoms with Crippen molar-refractivity contribution in [3.05, 3.63) is 29.8 Å². The Morgan fingerprint density at radius 2 is 2.15 bits per heavy atom. The van der Waals surface area contributed by atoms with Crippen molar-refractivity contribution in [1.82, 2.24) is 0 Å². The maximum Gasteiger partial charge on any atom is 0.341 e. The lowest BCUT2D eigenvalue weighted by molar-refractivity contribution is 0.0524. The smallest absolute Gasteiger partial charge is 0.341 e. The Balaban J connectivity index is 2.92. The highest BCUT2D eigenvalue weighted by Gasteiger charge is 2.11. The number of rotatable bonds is 3. The van der Waals surface area contributed by atoms with Crippen molar-refractivity contribution in [3.63, 3.8) is 0 Å². The van der Waals surface area contributed by atoms with Gasteiger partial charge in [-0.2, -0.15) is 0 Å². The van der Waals surface area contributed by atoms with Crippen molar-refractivity contribution in [1.29, 1.82) is 0 Å². The quantitative estimate of drug-likeness (QED) is 0.550. The molecule has 0 saturated carbocycles. The summed E-state index contributed by atoms with van der Waals surface area (Å²) in [6, 6.07) is 6.93. The van der Waals surface area contributed by atoms with Gasteiger partial charge in [-0.15, -0.1) is 0 Å². The molecule has 0 aliphatic rings. The molecule has 3 nitrogen and oxygen atoms in total. The lowest BCUT2D eigenvalue weighted by Gasteiger charge is -2.06. The summed E-state index contributed by atoms with van der Waals surface area (Å²) in [6.45, 7) is 2.13. The molecule has 1 aromatic carbocycles. The Morgan fingerprint density at radius 1 is 1.46 bits per heavy atom. The molecule has 1 atom stereocenters. The third-order valence-corrected chi connectivity index (χ3v) is 1.76. The minimum absolute atomic E-state index is 0.361. The van der Waals surface area contributed by atoms with Gasteiger partial charge >= 0.3 is 5.97 Å². The highest BCUT2D eigenvalue weighted by molar-refractivity contribution is 7.10. The molecule has 0 aliphatic carbocycles. The van der Waals surface area contributed by atoms with Crippen molar-refractivity contribution in [2.45, 2.75) is 6.92 Å². The molecule has 13 heavy (non-hydrogen) atoms. The molecule has 1 rings (SSSR count).